The van der Waals surface area contributed by atoms with E-state index in [-0.39, 0.29) is 12.0 Å². The second-order valence-electron chi connectivity index (χ2n) is 6.32. The van der Waals surface area contributed by atoms with Gasteiger partial charge in [0.1, 0.15) is 23.8 Å². The van der Waals surface area contributed by atoms with Crippen LogP contribution in [0, 0.1) is 5.92 Å². The van der Waals surface area contributed by atoms with E-state index in [1.54, 1.807) is 0 Å². The summed E-state index contributed by atoms with van der Waals surface area (Å²) in [5.41, 5.74) is 0.696. The monoisotopic (exact) mass is 325 g/mol. The van der Waals surface area contributed by atoms with Crippen LogP contribution in [-0.4, -0.2) is 37.0 Å². The number of hydrogen-bond acceptors (Lipinski definition) is 5. The highest BCUT2D eigenvalue weighted by Crippen LogP contribution is 2.38. The quantitative estimate of drug-likeness (QED) is 0.773. The van der Waals surface area contributed by atoms with Crippen LogP contribution in [0.3, 0.4) is 0 Å². The second-order valence-corrected chi connectivity index (χ2v) is 6.32. The minimum atomic E-state index is -0.802. The number of aliphatic hydroxyl groups is 2. The number of para-hydroxylation sites is 1. The number of rotatable bonds is 3. The lowest BCUT2D eigenvalue weighted by Gasteiger charge is -2.19. The van der Waals surface area contributed by atoms with Gasteiger partial charge in [-0.2, -0.15) is 0 Å². The number of nitrogens with zero attached hydrogens (tertiary/aromatic N) is 3. The summed E-state index contributed by atoms with van der Waals surface area (Å²) >= 11 is 0. The van der Waals surface area contributed by atoms with Crippen LogP contribution in [0.1, 0.15) is 19.4 Å². The molecular formula is C18H19N3O3. The van der Waals surface area contributed by atoms with Crippen LogP contribution in [0.5, 0.6) is 11.6 Å². The van der Waals surface area contributed by atoms with Gasteiger partial charge in [0.15, 0.2) is 0 Å². The number of fused-ring (bicyclic) bond motifs is 1. The molecule has 1 fully saturated rings. The van der Waals surface area contributed by atoms with Crippen molar-refractivity contribution >= 4 is 11.0 Å². The molecule has 3 aromatic rings. The summed E-state index contributed by atoms with van der Waals surface area (Å²) in [5.74, 6) is 1.23. The zero-order chi connectivity index (χ0) is 16.7. The Bertz CT molecular complexity index is 849. The van der Waals surface area contributed by atoms with E-state index < -0.39 is 12.2 Å². The fourth-order valence-electron chi connectivity index (χ4n) is 3.40. The van der Waals surface area contributed by atoms with E-state index in [4.69, 9.17) is 4.74 Å². The highest BCUT2D eigenvalue weighted by Gasteiger charge is 2.40. The molecule has 4 unspecified atom stereocenters. The third-order valence-electron chi connectivity index (χ3n) is 4.73. The molecule has 0 saturated heterocycles. The van der Waals surface area contributed by atoms with E-state index in [2.05, 4.69) is 9.97 Å². The Morgan fingerprint density at radius 3 is 2.58 bits per heavy atom. The van der Waals surface area contributed by atoms with Crippen molar-refractivity contribution in [1.82, 2.24) is 14.5 Å². The summed E-state index contributed by atoms with van der Waals surface area (Å²) in [6, 6.07) is 11.1. The standard InChI is InChI=1S/C18H19N3O3/c1-11-9-14(16(23)15(11)22)21-8-7-13-17(21)19-10-20-18(13)24-12-5-3-2-4-6-12/h2-8,10-11,14-16,22-23H,9H2,1H3. The third kappa shape index (κ3) is 2.44. The van der Waals surface area contributed by atoms with Gasteiger partial charge in [0.05, 0.1) is 17.5 Å². The largest absolute Gasteiger partial charge is 0.438 e. The van der Waals surface area contributed by atoms with Crippen molar-refractivity contribution in [1.29, 1.82) is 0 Å². The smallest absolute Gasteiger partial charge is 0.231 e. The van der Waals surface area contributed by atoms with Crippen LogP contribution >= 0.6 is 0 Å². The van der Waals surface area contributed by atoms with Crippen LogP contribution in [0.4, 0.5) is 0 Å². The van der Waals surface area contributed by atoms with E-state index in [9.17, 15) is 10.2 Å². The maximum atomic E-state index is 10.3. The fraction of sp³-hybridized carbons (Fsp3) is 0.333. The maximum Gasteiger partial charge on any atom is 0.231 e. The van der Waals surface area contributed by atoms with Crippen LogP contribution < -0.4 is 4.74 Å². The average Bonchev–Trinajstić information content (AvgIpc) is 3.13. The predicted octanol–water partition coefficient (Wildman–Crippen LogP) is 2.53. The highest BCUT2D eigenvalue weighted by atomic mass is 16.5. The Morgan fingerprint density at radius 2 is 1.88 bits per heavy atom. The van der Waals surface area contributed by atoms with Gasteiger partial charge in [0, 0.05) is 6.20 Å². The summed E-state index contributed by atoms with van der Waals surface area (Å²) in [4.78, 5) is 8.58. The highest BCUT2D eigenvalue weighted by molar-refractivity contribution is 5.81. The molecule has 0 aliphatic heterocycles. The number of benzene rings is 1. The number of aliphatic hydroxyl groups excluding tert-OH is 2. The molecule has 6 nitrogen and oxygen atoms in total. The van der Waals surface area contributed by atoms with E-state index in [0.717, 1.165) is 5.39 Å². The lowest BCUT2D eigenvalue weighted by Crippen LogP contribution is -2.28. The van der Waals surface area contributed by atoms with Crippen molar-refractivity contribution in [3.8, 4) is 11.6 Å². The molecule has 24 heavy (non-hydrogen) atoms. The van der Waals surface area contributed by atoms with E-state index in [1.165, 1.54) is 6.33 Å². The molecule has 4 rings (SSSR count). The van der Waals surface area contributed by atoms with Crippen molar-refractivity contribution in [3.05, 3.63) is 48.9 Å². The first-order chi connectivity index (χ1) is 11.6. The van der Waals surface area contributed by atoms with Gasteiger partial charge in [0.2, 0.25) is 5.88 Å². The van der Waals surface area contributed by atoms with Crippen molar-refractivity contribution < 1.29 is 14.9 Å². The Labute approximate surface area is 139 Å². The Morgan fingerprint density at radius 1 is 1.08 bits per heavy atom. The van der Waals surface area contributed by atoms with Gasteiger partial charge in [-0.3, -0.25) is 0 Å². The molecule has 2 N–H and O–H groups in total. The van der Waals surface area contributed by atoms with Crippen LogP contribution in [0.2, 0.25) is 0 Å². The molecule has 0 bridgehead atoms. The van der Waals surface area contributed by atoms with Gasteiger partial charge >= 0.3 is 0 Å². The molecule has 0 amide bonds. The maximum absolute atomic E-state index is 10.3. The minimum Gasteiger partial charge on any atom is -0.438 e. The summed E-state index contributed by atoms with van der Waals surface area (Å²) in [6.07, 6.45) is 2.51. The van der Waals surface area contributed by atoms with Gasteiger partial charge in [-0.05, 0) is 30.5 Å². The van der Waals surface area contributed by atoms with Gasteiger partial charge in [-0.1, -0.05) is 25.1 Å². The topological polar surface area (TPSA) is 80.4 Å². The van der Waals surface area contributed by atoms with Crippen molar-refractivity contribution in [3.63, 3.8) is 0 Å². The molecule has 0 spiro atoms. The zero-order valence-corrected chi connectivity index (χ0v) is 13.3. The number of hydrogen-bond donors (Lipinski definition) is 2. The molecule has 2 aromatic heterocycles. The predicted molar refractivity (Wildman–Crippen MR) is 88.9 cm³/mol. The van der Waals surface area contributed by atoms with Crippen molar-refractivity contribution in [2.24, 2.45) is 5.92 Å². The first-order valence-electron chi connectivity index (χ1n) is 8.05. The lowest BCUT2D eigenvalue weighted by molar-refractivity contribution is 0.00971. The third-order valence-corrected chi connectivity index (χ3v) is 4.73. The van der Waals surface area contributed by atoms with Crippen LogP contribution in [0.15, 0.2) is 48.9 Å². The summed E-state index contributed by atoms with van der Waals surface area (Å²) in [7, 11) is 0. The van der Waals surface area contributed by atoms with E-state index in [0.29, 0.717) is 23.7 Å². The number of aromatic nitrogens is 3. The molecule has 4 atom stereocenters. The molecule has 1 aromatic carbocycles. The average molecular weight is 325 g/mol. The molecule has 1 aliphatic rings. The van der Waals surface area contributed by atoms with Crippen molar-refractivity contribution in [2.75, 3.05) is 0 Å². The Balaban J connectivity index is 1.72. The summed E-state index contributed by atoms with van der Waals surface area (Å²) < 4.78 is 7.77. The first-order valence-corrected chi connectivity index (χ1v) is 8.05. The normalized spacial score (nSPS) is 26.8. The molecule has 124 valence electrons. The molecule has 2 heterocycles. The Hall–Kier alpha value is -2.44. The van der Waals surface area contributed by atoms with Gasteiger partial charge in [-0.15, -0.1) is 0 Å². The lowest BCUT2D eigenvalue weighted by atomic mass is 10.1. The van der Waals surface area contributed by atoms with Crippen molar-refractivity contribution in [2.45, 2.75) is 31.6 Å². The second kappa shape index (κ2) is 5.89. The molecule has 1 saturated carbocycles. The first kappa shape index (κ1) is 15.1. The van der Waals surface area contributed by atoms with Gasteiger partial charge in [0.25, 0.3) is 0 Å². The number of ether oxygens (including phenoxy) is 1. The zero-order valence-electron chi connectivity index (χ0n) is 13.3. The SMILES string of the molecule is CC1CC(n2ccc3c(Oc4ccccc4)ncnc32)C(O)C1O. The molecule has 6 heteroatoms. The Kier molecular flexibility index (Phi) is 3.70. The van der Waals surface area contributed by atoms with E-state index in [1.807, 2.05) is 54.1 Å². The summed E-state index contributed by atoms with van der Waals surface area (Å²) in [6.45, 7) is 1.94. The van der Waals surface area contributed by atoms with Crippen LogP contribution in [-0.2, 0) is 0 Å². The summed E-state index contributed by atoms with van der Waals surface area (Å²) in [5, 5.41) is 21.1. The van der Waals surface area contributed by atoms with Crippen LogP contribution in [0.25, 0.3) is 11.0 Å². The fourth-order valence-corrected chi connectivity index (χ4v) is 3.40. The van der Waals surface area contributed by atoms with E-state index >= 15 is 0 Å². The van der Waals surface area contributed by atoms with Gasteiger partial charge < -0.3 is 19.5 Å². The minimum absolute atomic E-state index is 0.0457. The molecule has 1 aliphatic carbocycles. The molecular weight excluding hydrogens is 306 g/mol. The molecule has 0 radical (unpaired) electrons. The van der Waals surface area contributed by atoms with Gasteiger partial charge in [-0.25, -0.2) is 9.97 Å².